The van der Waals surface area contributed by atoms with Crippen LogP contribution in [-0.2, 0) is 12.0 Å². The molecule has 2 aromatic carbocycles. The van der Waals surface area contributed by atoms with Crippen molar-refractivity contribution >= 4 is 34.0 Å². The molecule has 0 spiro atoms. The van der Waals surface area contributed by atoms with Gasteiger partial charge < -0.3 is 10.4 Å². The van der Waals surface area contributed by atoms with Crippen LogP contribution in [-0.4, -0.2) is 29.7 Å². The minimum Gasteiger partial charge on any atom is -0.392 e. The van der Waals surface area contributed by atoms with E-state index in [9.17, 15) is 15.2 Å². The number of hydrogen-bond donors (Lipinski definition) is 2. The lowest BCUT2D eigenvalue weighted by Crippen LogP contribution is -2.24. The highest BCUT2D eigenvalue weighted by Crippen LogP contribution is 2.28. The fourth-order valence-electron chi connectivity index (χ4n) is 4.22. The standard InChI is InChI=1S/C28H23ClFN7O2/c1-28(2,3)18-9-16-12-33-37(27(39)25(16)21(30)10-18)23-6-4-5-22(20(23)15-38)36-14-17(11-31)26(35-36)34-24-8-7-19(29)13-32-24/h4-10,12-14,38H,15H2,1-3H3,(H,32,34,35). The highest BCUT2D eigenvalue weighted by atomic mass is 35.5. The van der Waals surface area contributed by atoms with Gasteiger partial charge in [-0.25, -0.2) is 14.1 Å². The molecule has 0 unspecified atom stereocenters. The van der Waals surface area contributed by atoms with Crippen LogP contribution < -0.4 is 10.9 Å². The van der Waals surface area contributed by atoms with Crippen LogP contribution in [0.25, 0.3) is 22.1 Å². The van der Waals surface area contributed by atoms with Gasteiger partial charge in [-0.05, 0) is 47.4 Å². The van der Waals surface area contributed by atoms with Gasteiger partial charge >= 0.3 is 0 Å². The summed E-state index contributed by atoms with van der Waals surface area (Å²) in [4.78, 5) is 17.6. The number of rotatable bonds is 5. The van der Waals surface area contributed by atoms with Crippen molar-refractivity contribution in [2.24, 2.45) is 0 Å². The van der Waals surface area contributed by atoms with E-state index in [4.69, 9.17) is 11.6 Å². The molecule has 0 aliphatic heterocycles. The average molecular weight is 544 g/mol. The van der Waals surface area contributed by atoms with Gasteiger partial charge in [0.25, 0.3) is 5.56 Å². The minimum absolute atomic E-state index is 0.0971. The number of benzene rings is 2. The topological polar surface area (TPSA) is 122 Å². The highest BCUT2D eigenvalue weighted by molar-refractivity contribution is 6.30. The van der Waals surface area contributed by atoms with Crippen LogP contribution >= 0.6 is 11.6 Å². The molecular weight excluding hydrogens is 521 g/mol. The Kier molecular flexibility index (Phi) is 6.64. The Morgan fingerprint density at radius 2 is 1.92 bits per heavy atom. The van der Waals surface area contributed by atoms with Crippen molar-refractivity contribution in [2.45, 2.75) is 32.8 Å². The molecule has 5 aromatic rings. The number of anilines is 2. The van der Waals surface area contributed by atoms with Crippen LogP contribution in [0.1, 0.15) is 37.5 Å². The third-order valence-corrected chi connectivity index (χ3v) is 6.50. The van der Waals surface area contributed by atoms with Crippen LogP contribution in [0.2, 0.25) is 5.02 Å². The summed E-state index contributed by atoms with van der Waals surface area (Å²) in [6.07, 6.45) is 4.38. The van der Waals surface area contributed by atoms with E-state index in [2.05, 4.69) is 26.6 Å². The van der Waals surface area contributed by atoms with Crippen molar-refractivity contribution in [3.63, 3.8) is 0 Å². The molecule has 39 heavy (non-hydrogen) atoms. The minimum atomic E-state index is -0.661. The zero-order valence-corrected chi connectivity index (χ0v) is 22.0. The Bertz CT molecular complexity index is 1820. The summed E-state index contributed by atoms with van der Waals surface area (Å²) in [7, 11) is 0. The third-order valence-electron chi connectivity index (χ3n) is 6.27. The fraction of sp³-hybridized carbons (Fsp3) is 0.179. The zero-order valence-electron chi connectivity index (χ0n) is 21.3. The maximum atomic E-state index is 15.2. The van der Waals surface area contributed by atoms with Crippen LogP contribution in [0.5, 0.6) is 0 Å². The zero-order chi connectivity index (χ0) is 27.9. The van der Waals surface area contributed by atoms with Gasteiger partial charge in [0, 0.05) is 17.1 Å². The van der Waals surface area contributed by atoms with Crippen molar-refractivity contribution < 1.29 is 9.50 Å². The van der Waals surface area contributed by atoms with Gasteiger partial charge in [0.05, 0.1) is 40.8 Å². The predicted molar refractivity (Wildman–Crippen MR) is 146 cm³/mol. The van der Waals surface area contributed by atoms with E-state index < -0.39 is 18.0 Å². The van der Waals surface area contributed by atoms with E-state index in [0.29, 0.717) is 27.5 Å². The summed E-state index contributed by atoms with van der Waals surface area (Å²) in [5.41, 5.74) is 0.956. The molecule has 2 N–H and O–H groups in total. The molecule has 0 radical (unpaired) electrons. The Labute approximate surface area is 227 Å². The number of aliphatic hydroxyl groups excluding tert-OH is 1. The second-order valence-corrected chi connectivity index (χ2v) is 10.3. The van der Waals surface area contributed by atoms with E-state index in [1.165, 1.54) is 29.3 Å². The van der Waals surface area contributed by atoms with Crippen molar-refractivity contribution in [1.29, 1.82) is 5.26 Å². The Morgan fingerprint density at radius 1 is 1.15 bits per heavy atom. The van der Waals surface area contributed by atoms with E-state index >= 15 is 4.39 Å². The molecule has 0 bridgehead atoms. The summed E-state index contributed by atoms with van der Waals surface area (Å²) in [6.45, 7) is 5.40. The lowest BCUT2D eigenvalue weighted by molar-refractivity contribution is 0.280. The van der Waals surface area contributed by atoms with Gasteiger partial charge in [-0.1, -0.05) is 38.4 Å². The maximum Gasteiger partial charge on any atom is 0.282 e. The molecule has 0 atom stereocenters. The maximum absolute atomic E-state index is 15.2. The predicted octanol–water partition coefficient (Wildman–Crippen LogP) is 5.16. The number of halogens is 2. The summed E-state index contributed by atoms with van der Waals surface area (Å²) in [6, 6.07) is 13.4. The number of nitriles is 1. The molecule has 0 fully saturated rings. The Hall–Kier alpha value is -4.59. The summed E-state index contributed by atoms with van der Waals surface area (Å²) in [5.74, 6) is 0.0257. The lowest BCUT2D eigenvalue weighted by atomic mass is 9.86. The smallest absolute Gasteiger partial charge is 0.282 e. The number of hydrogen-bond acceptors (Lipinski definition) is 7. The first kappa shape index (κ1) is 26.0. The van der Waals surface area contributed by atoms with E-state index in [1.807, 2.05) is 20.8 Å². The SMILES string of the molecule is CC(C)(C)c1cc(F)c2c(=O)n(-c3cccc(-n4cc(C#N)c(Nc5ccc(Cl)cn5)n4)c3CO)ncc2c1. The van der Waals surface area contributed by atoms with Crippen molar-refractivity contribution in [1.82, 2.24) is 24.5 Å². The van der Waals surface area contributed by atoms with E-state index in [1.54, 1.807) is 36.4 Å². The number of pyridine rings is 1. The summed E-state index contributed by atoms with van der Waals surface area (Å²) < 4.78 is 17.7. The van der Waals surface area contributed by atoms with Crippen LogP contribution in [0, 0.1) is 17.1 Å². The Morgan fingerprint density at radius 3 is 2.59 bits per heavy atom. The number of aromatic nitrogens is 5. The molecular formula is C28H23ClFN7O2. The van der Waals surface area contributed by atoms with Gasteiger partial charge in [-0.15, -0.1) is 5.10 Å². The number of fused-ring (bicyclic) bond motifs is 1. The first-order valence-corrected chi connectivity index (χ1v) is 12.3. The van der Waals surface area contributed by atoms with E-state index in [-0.39, 0.29) is 27.9 Å². The van der Waals surface area contributed by atoms with Gasteiger partial charge in [0.1, 0.15) is 23.3 Å². The lowest BCUT2D eigenvalue weighted by Gasteiger charge is -2.20. The molecule has 9 nitrogen and oxygen atoms in total. The van der Waals surface area contributed by atoms with Gasteiger partial charge in [-0.3, -0.25) is 4.79 Å². The first-order valence-electron chi connectivity index (χ1n) is 11.9. The number of nitrogens with zero attached hydrogens (tertiary/aromatic N) is 6. The van der Waals surface area contributed by atoms with Crippen LogP contribution in [0.15, 0.2) is 65.8 Å². The van der Waals surface area contributed by atoms with Crippen molar-refractivity contribution in [3.8, 4) is 17.4 Å². The third kappa shape index (κ3) is 4.85. The molecule has 0 saturated carbocycles. The summed E-state index contributed by atoms with van der Waals surface area (Å²) in [5, 5.41) is 32.5. The molecule has 196 valence electrons. The van der Waals surface area contributed by atoms with E-state index in [0.717, 1.165) is 10.2 Å². The quantitative estimate of drug-likeness (QED) is 0.314. The van der Waals surface area contributed by atoms with Crippen molar-refractivity contribution in [3.05, 3.63) is 98.9 Å². The number of nitrogens with one attached hydrogen (secondary N) is 1. The monoisotopic (exact) mass is 543 g/mol. The van der Waals surface area contributed by atoms with Crippen molar-refractivity contribution in [2.75, 3.05) is 5.32 Å². The second-order valence-electron chi connectivity index (χ2n) is 9.90. The summed E-state index contributed by atoms with van der Waals surface area (Å²) >= 11 is 5.90. The van der Waals surface area contributed by atoms with Gasteiger partial charge in [0.15, 0.2) is 5.82 Å². The van der Waals surface area contributed by atoms with Gasteiger partial charge in [-0.2, -0.15) is 15.0 Å². The fourth-order valence-corrected chi connectivity index (χ4v) is 4.33. The second kappa shape index (κ2) is 9.94. The highest BCUT2D eigenvalue weighted by Gasteiger charge is 2.21. The average Bonchev–Trinajstić information content (AvgIpc) is 3.31. The molecule has 3 heterocycles. The molecule has 0 saturated heterocycles. The first-order chi connectivity index (χ1) is 18.6. The van der Waals surface area contributed by atoms with Crippen LogP contribution in [0.4, 0.5) is 16.0 Å². The molecule has 5 rings (SSSR count). The van der Waals surface area contributed by atoms with Crippen LogP contribution in [0.3, 0.4) is 0 Å². The number of aliphatic hydroxyl groups is 1. The molecule has 0 amide bonds. The molecule has 3 aromatic heterocycles. The molecule has 11 heteroatoms. The molecule has 0 aliphatic carbocycles. The largest absolute Gasteiger partial charge is 0.392 e. The van der Waals surface area contributed by atoms with Gasteiger partial charge in [0.2, 0.25) is 0 Å². The normalized spacial score (nSPS) is 11.5. The molecule has 0 aliphatic rings. The Balaban J connectivity index is 1.62.